The molecule has 0 amide bonds. The minimum atomic E-state index is -0.717. The molecule has 2 saturated heterocycles. The molecule has 2 N–H and O–H groups in total. The molecule has 4 atom stereocenters. The van der Waals surface area contributed by atoms with Crippen molar-refractivity contribution in [2.24, 2.45) is 0 Å². The lowest BCUT2D eigenvalue weighted by atomic mass is 10.1. The van der Waals surface area contributed by atoms with Crippen molar-refractivity contribution in [1.29, 1.82) is 0 Å². The number of anilines is 1. The van der Waals surface area contributed by atoms with Gasteiger partial charge in [0.15, 0.2) is 29.0 Å². The number of nitrogens with zero attached hydrogens (tertiary/aromatic N) is 4. The third-order valence-electron chi connectivity index (χ3n) is 5.63. The van der Waals surface area contributed by atoms with Crippen LogP contribution in [0.2, 0.25) is 0 Å². The molecule has 3 aliphatic rings. The van der Waals surface area contributed by atoms with E-state index in [1.807, 2.05) is 18.4 Å². The predicted molar refractivity (Wildman–Crippen MR) is 96.0 cm³/mol. The van der Waals surface area contributed by atoms with E-state index in [9.17, 15) is 5.11 Å². The number of rotatable bonds is 4. The molecule has 1 saturated carbocycles. The Hall–Kier alpha value is -1.81. The lowest BCUT2D eigenvalue weighted by molar-refractivity contribution is -0.199. The van der Waals surface area contributed by atoms with Crippen LogP contribution in [0.1, 0.15) is 45.8 Å². The summed E-state index contributed by atoms with van der Waals surface area (Å²) in [5, 5.41) is 13.2. The standard InChI is InChI=1S/C18H25N5O4/c1-18(2)26-13-11(7-24)25-17(14(13)27-18)23-9-21-12-15(19-8-20-16(12)23)22-10-5-3-4-6-10/h8-11,13-14,17,24H,3-7H2,1-2H3,(H,19,20,22). The number of aliphatic hydroxyl groups excluding tert-OH is 1. The summed E-state index contributed by atoms with van der Waals surface area (Å²) in [6, 6.07) is 0.437. The summed E-state index contributed by atoms with van der Waals surface area (Å²) < 4.78 is 19.9. The third kappa shape index (κ3) is 2.89. The lowest BCUT2D eigenvalue weighted by Gasteiger charge is -2.24. The highest BCUT2D eigenvalue weighted by molar-refractivity contribution is 5.82. The van der Waals surface area contributed by atoms with Crippen LogP contribution in [0, 0.1) is 0 Å². The van der Waals surface area contributed by atoms with Gasteiger partial charge in [0.2, 0.25) is 0 Å². The Balaban J connectivity index is 1.48. The quantitative estimate of drug-likeness (QED) is 0.830. The van der Waals surface area contributed by atoms with Crippen LogP contribution in [0.15, 0.2) is 12.7 Å². The molecule has 0 radical (unpaired) electrons. The predicted octanol–water partition coefficient (Wildman–Crippen LogP) is 1.59. The second-order valence-electron chi connectivity index (χ2n) is 7.98. The van der Waals surface area contributed by atoms with Gasteiger partial charge in [0.25, 0.3) is 0 Å². The molecule has 4 unspecified atom stereocenters. The van der Waals surface area contributed by atoms with Crippen LogP contribution in [-0.4, -0.2) is 61.4 Å². The summed E-state index contributed by atoms with van der Waals surface area (Å²) in [6.07, 6.45) is 6.47. The van der Waals surface area contributed by atoms with E-state index in [1.165, 1.54) is 12.8 Å². The average Bonchev–Trinajstić information content (AvgIpc) is 3.38. The number of nitrogens with one attached hydrogen (secondary N) is 1. The van der Waals surface area contributed by atoms with E-state index in [2.05, 4.69) is 20.3 Å². The van der Waals surface area contributed by atoms with Crippen LogP contribution in [0.4, 0.5) is 5.82 Å². The highest BCUT2D eigenvalue weighted by Crippen LogP contribution is 2.43. The Kier molecular flexibility index (Phi) is 4.08. The number of hydrogen-bond acceptors (Lipinski definition) is 8. The zero-order valence-corrected chi connectivity index (χ0v) is 15.5. The van der Waals surface area contributed by atoms with Gasteiger partial charge in [-0.15, -0.1) is 0 Å². The maximum absolute atomic E-state index is 9.69. The van der Waals surface area contributed by atoms with Crippen LogP contribution in [-0.2, 0) is 14.2 Å². The molecule has 1 aliphatic carbocycles. The summed E-state index contributed by atoms with van der Waals surface area (Å²) >= 11 is 0. The first-order valence-corrected chi connectivity index (χ1v) is 9.62. The van der Waals surface area contributed by atoms with Crippen molar-refractivity contribution < 1.29 is 19.3 Å². The van der Waals surface area contributed by atoms with Gasteiger partial charge in [-0.2, -0.15) is 0 Å². The van der Waals surface area contributed by atoms with E-state index in [-0.39, 0.29) is 18.8 Å². The molecule has 2 aromatic rings. The maximum Gasteiger partial charge on any atom is 0.167 e. The maximum atomic E-state index is 9.69. The van der Waals surface area contributed by atoms with E-state index >= 15 is 0 Å². The highest BCUT2D eigenvalue weighted by Gasteiger charge is 2.56. The van der Waals surface area contributed by atoms with Crippen LogP contribution in [0.25, 0.3) is 11.2 Å². The molecule has 0 aromatic carbocycles. The topological polar surface area (TPSA) is 104 Å². The van der Waals surface area contributed by atoms with E-state index in [0.29, 0.717) is 11.7 Å². The zero-order valence-electron chi connectivity index (χ0n) is 15.5. The first-order chi connectivity index (χ1) is 13.1. The fourth-order valence-electron chi connectivity index (χ4n) is 4.44. The molecule has 0 bridgehead atoms. The Morgan fingerprint density at radius 2 is 1.96 bits per heavy atom. The van der Waals surface area contributed by atoms with Gasteiger partial charge in [-0.25, -0.2) is 15.0 Å². The van der Waals surface area contributed by atoms with Crippen LogP contribution >= 0.6 is 0 Å². The van der Waals surface area contributed by atoms with Gasteiger partial charge in [0, 0.05) is 6.04 Å². The number of ether oxygens (including phenoxy) is 3. The van der Waals surface area contributed by atoms with Crippen molar-refractivity contribution >= 4 is 17.0 Å². The summed E-state index contributed by atoms with van der Waals surface area (Å²) in [5.41, 5.74) is 1.40. The van der Waals surface area contributed by atoms with E-state index in [1.54, 1.807) is 12.7 Å². The number of hydrogen-bond donors (Lipinski definition) is 2. The van der Waals surface area contributed by atoms with Crippen LogP contribution in [0.3, 0.4) is 0 Å². The van der Waals surface area contributed by atoms with Crippen molar-refractivity contribution in [3.63, 3.8) is 0 Å². The molecule has 9 nitrogen and oxygen atoms in total. The van der Waals surface area contributed by atoms with Crippen molar-refractivity contribution in [3.8, 4) is 0 Å². The number of fused-ring (bicyclic) bond motifs is 2. The summed E-state index contributed by atoms with van der Waals surface area (Å²) in [4.78, 5) is 13.4. The molecule has 4 heterocycles. The molecule has 27 heavy (non-hydrogen) atoms. The summed E-state index contributed by atoms with van der Waals surface area (Å²) in [6.45, 7) is 3.61. The highest BCUT2D eigenvalue weighted by atomic mass is 16.8. The SMILES string of the molecule is CC1(C)OC2C(CO)OC(n3cnc4c(NC5CCCC5)ncnc43)C2O1. The fourth-order valence-corrected chi connectivity index (χ4v) is 4.44. The number of aromatic nitrogens is 4. The molecule has 9 heteroatoms. The van der Waals surface area contributed by atoms with Gasteiger partial charge in [-0.05, 0) is 26.7 Å². The first kappa shape index (κ1) is 17.3. The van der Waals surface area contributed by atoms with Gasteiger partial charge >= 0.3 is 0 Å². The lowest BCUT2D eigenvalue weighted by Crippen LogP contribution is -2.31. The van der Waals surface area contributed by atoms with E-state index in [4.69, 9.17) is 14.2 Å². The number of imidazole rings is 1. The minimum absolute atomic E-state index is 0.132. The molecule has 2 aliphatic heterocycles. The molecule has 146 valence electrons. The Morgan fingerprint density at radius 3 is 2.74 bits per heavy atom. The number of aliphatic hydroxyl groups is 1. The van der Waals surface area contributed by atoms with Crippen molar-refractivity contribution in [1.82, 2.24) is 19.5 Å². The molecule has 0 spiro atoms. The van der Waals surface area contributed by atoms with Crippen LogP contribution in [0.5, 0.6) is 0 Å². The van der Waals surface area contributed by atoms with E-state index < -0.39 is 18.1 Å². The smallest absolute Gasteiger partial charge is 0.167 e. The zero-order chi connectivity index (χ0) is 18.6. The molecule has 3 fully saturated rings. The average molecular weight is 375 g/mol. The van der Waals surface area contributed by atoms with Gasteiger partial charge in [0.05, 0.1) is 12.9 Å². The largest absolute Gasteiger partial charge is 0.394 e. The van der Waals surface area contributed by atoms with Gasteiger partial charge in [-0.1, -0.05) is 12.8 Å². The third-order valence-corrected chi connectivity index (χ3v) is 5.63. The Labute approximate surface area is 157 Å². The van der Waals surface area contributed by atoms with Crippen molar-refractivity contribution in [3.05, 3.63) is 12.7 Å². The van der Waals surface area contributed by atoms with Gasteiger partial charge in [-0.3, -0.25) is 4.57 Å². The van der Waals surface area contributed by atoms with Gasteiger partial charge in [0.1, 0.15) is 24.6 Å². The van der Waals surface area contributed by atoms with Gasteiger partial charge < -0.3 is 24.6 Å². The monoisotopic (exact) mass is 375 g/mol. The van der Waals surface area contributed by atoms with Crippen molar-refractivity contribution in [2.45, 2.75) is 75.9 Å². The minimum Gasteiger partial charge on any atom is -0.394 e. The first-order valence-electron chi connectivity index (χ1n) is 9.62. The molecule has 5 rings (SSSR count). The van der Waals surface area contributed by atoms with Crippen molar-refractivity contribution in [2.75, 3.05) is 11.9 Å². The summed E-state index contributed by atoms with van der Waals surface area (Å²) in [7, 11) is 0. The van der Waals surface area contributed by atoms with E-state index in [0.717, 1.165) is 24.2 Å². The molecular weight excluding hydrogens is 350 g/mol. The second-order valence-corrected chi connectivity index (χ2v) is 7.98. The second kappa shape index (κ2) is 6.37. The molecule has 2 aromatic heterocycles. The fraction of sp³-hybridized carbons (Fsp3) is 0.722. The van der Waals surface area contributed by atoms with Crippen LogP contribution < -0.4 is 5.32 Å². The normalized spacial score (nSPS) is 33.0. The Bertz CT molecular complexity index is 834. The Morgan fingerprint density at radius 1 is 1.19 bits per heavy atom. The summed E-state index contributed by atoms with van der Waals surface area (Å²) in [5.74, 6) is 0.0357. The molecular formula is C18H25N5O4.